The summed E-state index contributed by atoms with van der Waals surface area (Å²) in [6.07, 6.45) is 7.65. The third-order valence-corrected chi connectivity index (χ3v) is 5.06. The highest BCUT2D eigenvalue weighted by atomic mass is 16.1. The molecule has 1 saturated carbocycles. The van der Waals surface area contributed by atoms with Gasteiger partial charge in [-0.25, -0.2) is 9.50 Å². The van der Waals surface area contributed by atoms with E-state index in [4.69, 9.17) is 5.26 Å². The molecule has 1 amide bonds. The number of aromatic amines is 1. The maximum atomic E-state index is 11.4. The fourth-order valence-electron chi connectivity index (χ4n) is 3.73. The number of rotatable bonds is 4. The first kappa shape index (κ1) is 15.6. The molecular weight excluding hydrogens is 318 g/mol. The van der Waals surface area contributed by atoms with E-state index < -0.39 is 0 Å². The summed E-state index contributed by atoms with van der Waals surface area (Å²) in [6.45, 7) is 0.654. The lowest BCUT2D eigenvalue weighted by Gasteiger charge is -2.27. The van der Waals surface area contributed by atoms with Gasteiger partial charge < -0.3 is 10.3 Å². The van der Waals surface area contributed by atoms with Crippen LogP contribution >= 0.6 is 0 Å². The molecule has 0 aromatic carbocycles. The maximum absolute atomic E-state index is 11.4. The maximum Gasteiger partial charge on any atom is 0.234 e. The first-order valence-corrected chi connectivity index (χ1v) is 8.57. The number of fused-ring (bicyclic) bond motifs is 3. The zero-order valence-electron chi connectivity index (χ0n) is 13.8. The number of nitrogens with zero attached hydrogens (tertiary/aromatic N) is 5. The summed E-state index contributed by atoms with van der Waals surface area (Å²) >= 11 is 0. The number of aromatic nitrogens is 5. The highest BCUT2D eigenvalue weighted by Crippen LogP contribution is 2.37. The minimum atomic E-state index is -0.184. The molecule has 8 nitrogen and oxygen atoms in total. The summed E-state index contributed by atoms with van der Waals surface area (Å²) in [4.78, 5) is 18.9. The highest BCUT2D eigenvalue weighted by Gasteiger charge is 2.27. The van der Waals surface area contributed by atoms with Crippen LogP contribution in [0.15, 0.2) is 18.6 Å². The van der Waals surface area contributed by atoms with Crippen molar-refractivity contribution in [3.8, 4) is 6.07 Å². The van der Waals surface area contributed by atoms with Gasteiger partial charge in [0.05, 0.1) is 11.8 Å². The van der Waals surface area contributed by atoms with E-state index in [0.717, 1.165) is 47.9 Å². The molecule has 2 N–H and O–H groups in total. The molecule has 0 unspecified atom stereocenters. The van der Waals surface area contributed by atoms with Gasteiger partial charge in [-0.05, 0) is 37.7 Å². The molecule has 3 heterocycles. The van der Waals surface area contributed by atoms with E-state index in [1.165, 1.54) is 0 Å². The lowest BCUT2D eigenvalue weighted by atomic mass is 9.80. The molecule has 0 atom stereocenters. The van der Waals surface area contributed by atoms with Crippen molar-refractivity contribution in [3.63, 3.8) is 0 Å². The van der Waals surface area contributed by atoms with Gasteiger partial charge in [-0.3, -0.25) is 4.79 Å². The second kappa shape index (κ2) is 6.51. The van der Waals surface area contributed by atoms with E-state index in [-0.39, 0.29) is 12.3 Å². The Morgan fingerprint density at radius 3 is 3.04 bits per heavy atom. The first-order valence-electron chi connectivity index (χ1n) is 8.57. The van der Waals surface area contributed by atoms with Crippen LogP contribution in [0.1, 0.15) is 43.7 Å². The average Bonchev–Trinajstić information content (AvgIpc) is 3.26. The summed E-state index contributed by atoms with van der Waals surface area (Å²) in [7, 11) is 0. The number of amides is 1. The third kappa shape index (κ3) is 2.93. The fourth-order valence-corrected chi connectivity index (χ4v) is 3.73. The summed E-state index contributed by atoms with van der Waals surface area (Å²) < 4.78 is 1.75. The Morgan fingerprint density at radius 2 is 2.24 bits per heavy atom. The van der Waals surface area contributed by atoms with E-state index in [9.17, 15) is 4.79 Å². The van der Waals surface area contributed by atoms with Crippen molar-refractivity contribution in [1.29, 1.82) is 5.26 Å². The molecule has 0 aliphatic heterocycles. The molecule has 128 valence electrons. The van der Waals surface area contributed by atoms with Crippen LogP contribution in [-0.2, 0) is 4.79 Å². The SMILES string of the molecule is N#CCC(=O)NCC1CCC(c2nnn3cnc4[nH]ccc4c23)CC1. The van der Waals surface area contributed by atoms with Gasteiger partial charge in [0, 0.05) is 24.0 Å². The molecule has 1 fully saturated rings. The summed E-state index contributed by atoms with van der Waals surface area (Å²) in [6, 6.07) is 3.89. The molecule has 1 aliphatic carbocycles. The van der Waals surface area contributed by atoms with Gasteiger partial charge in [0.2, 0.25) is 5.91 Å². The Kier molecular flexibility index (Phi) is 4.06. The molecule has 0 saturated heterocycles. The minimum Gasteiger partial charge on any atom is -0.355 e. The van der Waals surface area contributed by atoms with Crippen molar-refractivity contribution in [3.05, 3.63) is 24.3 Å². The van der Waals surface area contributed by atoms with Gasteiger partial charge in [0.1, 0.15) is 23.9 Å². The zero-order valence-corrected chi connectivity index (χ0v) is 13.8. The molecule has 1 aliphatic rings. The van der Waals surface area contributed by atoms with Gasteiger partial charge in [-0.2, -0.15) is 5.26 Å². The largest absolute Gasteiger partial charge is 0.355 e. The Morgan fingerprint density at radius 1 is 1.40 bits per heavy atom. The Labute approximate surface area is 144 Å². The monoisotopic (exact) mass is 337 g/mol. The minimum absolute atomic E-state index is 0.0671. The van der Waals surface area contributed by atoms with E-state index in [1.54, 1.807) is 10.8 Å². The number of hydrogen-bond donors (Lipinski definition) is 2. The number of nitrogens with one attached hydrogen (secondary N) is 2. The van der Waals surface area contributed by atoms with Crippen molar-refractivity contribution in [2.45, 2.75) is 38.0 Å². The fraction of sp³-hybridized carbons (Fsp3) is 0.471. The van der Waals surface area contributed by atoms with Crippen LogP contribution in [0.3, 0.4) is 0 Å². The van der Waals surface area contributed by atoms with Crippen molar-refractivity contribution in [2.24, 2.45) is 5.92 Å². The summed E-state index contributed by atoms with van der Waals surface area (Å²) in [5.74, 6) is 0.662. The second-order valence-electron chi connectivity index (χ2n) is 6.61. The smallest absolute Gasteiger partial charge is 0.234 e. The molecule has 4 rings (SSSR count). The van der Waals surface area contributed by atoms with Crippen LogP contribution in [0.5, 0.6) is 0 Å². The van der Waals surface area contributed by atoms with E-state index in [2.05, 4.69) is 25.6 Å². The molecule has 0 radical (unpaired) electrons. The van der Waals surface area contributed by atoms with E-state index >= 15 is 0 Å². The standard InChI is InChI=1S/C17H19N7O/c18-7-5-14(25)20-9-11-1-3-12(4-2-11)15-16-13-6-8-19-17(13)21-10-24(16)23-22-15/h6,8,10-12,19H,1-5,9H2,(H,20,25). The van der Waals surface area contributed by atoms with Gasteiger partial charge >= 0.3 is 0 Å². The lowest BCUT2D eigenvalue weighted by molar-refractivity contribution is -0.120. The number of hydrogen-bond acceptors (Lipinski definition) is 5. The number of H-pyrrole nitrogens is 1. The molecule has 0 bridgehead atoms. The van der Waals surface area contributed by atoms with Crippen LogP contribution in [0.4, 0.5) is 0 Å². The van der Waals surface area contributed by atoms with Gasteiger partial charge in [0.15, 0.2) is 0 Å². The predicted octanol–water partition coefficient (Wildman–Crippen LogP) is 1.91. The number of nitriles is 1. The third-order valence-electron chi connectivity index (χ3n) is 5.06. The van der Waals surface area contributed by atoms with Gasteiger partial charge in [-0.15, -0.1) is 5.10 Å². The molecule has 3 aromatic heterocycles. The second-order valence-corrected chi connectivity index (χ2v) is 6.61. The topological polar surface area (TPSA) is 112 Å². The molecule has 25 heavy (non-hydrogen) atoms. The lowest BCUT2D eigenvalue weighted by Crippen LogP contribution is -2.30. The van der Waals surface area contributed by atoms with Crippen LogP contribution in [0.25, 0.3) is 16.6 Å². The Balaban J connectivity index is 1.46. The summed E-state index contributed by atoms with van der Waals surface area (Å²) in [5, 5.41) is 21.1. The highest BCUT2D eigenvalue weighted by molar-refractivity contribution is 5.92. The van der Waals surface area contributed by atoms with Crippen molar-refractivity contribution in [1.82, 2.24) is 30.1 Å². The Bertz CT molecular complexity index is 943. The Hall–Kier alpha value is -2.95. The summed E-state index contributed by atoms with van der Waals surface area (Å²) in [5.41, 5.74) is 2.93. The number of carbonyl (C=O) groups is 1. The van der Waals surface area contributed by atoms with Crippen molar-refractivity contribution < 1.29 is 4.79 Å². The quantitative estimate of drug-likeness (QED) is 0.755. The van der Waals surface area contributed by atoms with Crippen LogP contribution in [0.2, 0.25) is 0 Å². The van der Waals surface area contributed by atoms with Crippen LogP contribution < -0.4 is 5.32 Å². The van der Waals surface area contributed by atoms with Crippen molar-refractivity contribution >= 4 is 22.5 Å². The zero-order chi connectivity index (χ0) is 17.2. The van der Waals surface area contributed by atoms with Crippen molar-refractivity contribution in [2.75, 3.05) is 6.54 Å². The van der Waals surface area contributed by atoms with Gasteiger partial charge in [-0.1, -0.05) is 5.21 Å². The molecular formula is C17H19N7O. The molecule has 8 heteroatoms. The predicted molar refractivity (Wildman–Crippen MR) is 90.6 cm³/mol. The van der Waals surface area contributed by atoms with E-state index in [0.29, 0.717) is 18.4 Å². The first-order chi connectivity index (χ1) is 12.3. The molecule has 3 aromatic rings. The van der Waals surface area contributed by atoms with Gasteiger partial charge in [0.25, 0.3) is 0 Å². The average molecular weight is 337 g/mol. The number of carbonyl (C=O) groups excluding carboxylic acids is 1. The normalized spacial score (nSPS) is 20.6. The van der Waals surface area contributed by atoms with E-state index in [1.807, 2.05) is 18.3 Å². The van der Waals surface area contributed by atoms with Crippen LogP contribution in [0, 0.1) is 17.2 Å². The van der Waals surface area contributed by atoms with Crippen LogP contribution in [-0.4, -0.2) is 37.2 Å². The molecule has 0 spiro atoms.